The fourth-order valence-corrected chi connectivity index (χ4v) is 4.76. The monoisotopic (exact) mass is 558 g/mol. The highest BCUT2D eigenvalue weighted by atomic mass is 19.4. The van der Waals surface area contributed by atoms with Crippen LogP contribution in [-0.2, 0) is 11.0 Å². The van der Waals surface area contributed by atoms with Crippen LogP contribution in [0.3, 0.4) is 0 Å². The molecular formula is C28H21F3N8O2. The lowest BCUT2D eigenvalue weighted by Crippen LogP contribution is -2.26. The molecule has 4 aromatic rings. The highest BCUT2D eigenvalue weighted by molar-refractivity contribution is 6.04. The number of carbonyl (C=O) groups excluding carboxylic acids is 2. The van der Waals surface area contributed by atoms with Crippen molar-refractivity contribution < 1.29 is 22.8 Å². The summed E-state index contributed by atoms with van der Waals surface area (Å²) in [5.41, 5.74) is 7.07. The van der Waals surface area contributed by atoms with Crippen molar-refractivity contribution in [2.45, 2.75) is 25.4 Å². The van der Waals surface area contributed by atoms with Gasteiger partial charge in [-0.15, -0.1) is 0 Å². The van der Waals surface area contributed by atoms with E-state index in [9.17, 15) is 28.0 Å². The van der Waals surface area contributed by atoms with Crippen LogP contribution in [-0.4, -0.2) is 49.2 Å². The first-order chi connectivity index (χ1) is 19.6. The predicted molar refractivity (Wildman–Crippen MR) is 142 cm³/mol. The molecule has 1 unspecified atom stereocenters. The van der Waals surface area contributed by atoms with Crippen LogP contribution in [0.2, 0.25) is 0 Å². The maximum absolute atomic E-state index is 13.0. The van der Waals surface area contributed by atoms with Gasteiger partial charge in [0.05, 0.1) is 28.4 Å². The molecular weight excluding hydrogens is 537 g/mol. The second kappa shape index (κ2) is 10.6. The Hall–Kier alpha value is -5.43. The lowest BCUT2D eigenvalue weighted by molar-refractivity contribution is -0.137. The van der Waals surface area contributed by atoms with E-state index in [4.69, 9.17) is 10.7 Å². The number of likely N-dealkylation sites (tertiary alicyclic amines) is 1. The number of rotatable bonds is 4. The number of amides is 2. The van der Waals surface area contributed by atoms with Crippen LogP contribution in [0.4, 0.5) is 24.9 Å². The number of nitrogens with one attached hydrogen (secondary N) is 1. The zero-order chi connectivity index (χ0) is 29.3. The van der Waals surface area contributed by atoms with Crippen LogP contribution in [0.1, 0.15) is 46.4 Å². The van der Waals surface area contributed by atoms with E-state index in [0.717, 1.165) is 18.3 Å². The quantitative estimate of drug-likeness (QED) is 0.362. The summed E-state index contributed by atoms with van der Waals surface area (Å²) >= 11 is 0. The summed E-state index contributed by atoms with van der Waals surface area (Å²) in [4.78, 5) is 39.5. The minimum absolute atomic E-state index is 0.0266. The number of nitrogens with zero attached hydrogens (tertiary/aromatic N) is 6. The summed E-state index contributed by atoms with van der Waals surface area (Å²) < 4.78 is 40.7. The van der Waals surface area contributed by atoms with Crippen LogP contribution in [0.25, 0.3) is 16.9 Å². The highest BCUT2D eigenvalue weighted by Gasteiger charge is 2.32. The average molecular weight is 559 g/mol. The summed E-state index contributed by atoms with van der Waals surface area (Å²) in [6.45, 7) is 2.52. The van der Waals surface area contributed by atoms with Crippen LogP contribution >= 0.6 is 0 Å². The molecule has 1 saturated heterocycles. The molecule has 1 aliphatic heterocycles. The standard InChI is InChI=1S/C28H21F3N8O2/c1-2-3-23(40)38-11-8-17(15-38)24-21-7-10-35-27(33)39(21)25(37-24)20-5-4-16(12-18(20)14-32)26(41)36-22-13-19(6-9-34-22)28(29,30)31/h4-7,9-10,12-13,17H,8,11,15H2,1H3,(H2,33,35)(H,34,36,41). The fraction of sp³-hybridized carbons (Fsp3) is 0.214. The van der Waals surface area contributed by atoms with Crippen LogP contribution in [0.15, 0.2) is 48.8 Å². The third-order valence-electron chi connectivity index (χ3n) is 6.68. The molecule has 0 aliphatic carbocycles. The van der Waals surface area contributed by atoms with E-state index in [1.807, 2.05) is 0 Å². The molecule has 1 atom stereocenters. The third-order valence-corrected chi connectivity index (χ3v) is 6.68. The zero-order valence-electron chi connectivity index (χ0n) is 21.5. The summed E-state index contributed by atoms with van der Waals surface area (Å²) in [6.07, 6.45) is -1.46. The van der Waals surface area contributed by atoms with Gasteiger partial charge in [-0.25, -0.2) is 15.0 Å². The largest absolute Gasteiger partial charge is 0.416 e. The maximum Gasteiger partial charge on any atom is 0.416 e. The second-order valence-electron chi connectivity index (χ2n) is 9.21. The lowest BCUT2D eigenvalue weighted by atomic mass is 10.0. The van der Waals surface area contributed by atoms with Crippen molar-refractivity contribution in [3.63, 3.8) is 0 Å². The summed E-state index contributed by atoms with van der Waals surface area (Å²) in [6, 6.07) is 9.56. The minimum Gasteiger partial charge on any atom is -0.369 e. The Balaban J connectivity index is 1.49. The van der Waals surface area contributed by atoms with Gasteiger partial charge in [-0.1, -0.05) is 5.92 Å². The van der Waals surface area contributed by atoms with Gasteiger partial charge in [0.25, 0.3) is 11.8 Å². The van der Waals surface area contributed by atoms with Gasteiger partial charge in [-0.3, -0.25) is 14.0 Å². The number of halogens is 3. The first kappa shape index (κ1) is 27.1. The topological polar surface area (TPSA) is 142 Å². The number of alkyl halides is 3. The van der Waals surface area contributed by atoms with Gasteiger partial charge in [0.2, 0.25) is 5.95 Å². The molecule has 1 fully saturated rings. The van der Waals surface area contributed by atoms with Crippen molar-refractivity contribution in [1.82, 2.24) is 24.3 Å². The molecule has 41 heavy (non-hydrogen) atoms. The van der Waals surface area contributed by atoms with Crippen molar-refractivity contribution in [2.75, 3.05) is 24.1 Å². The van der Waals surface area contributed by atoms with Crippen LogP contribution in [0.5, 0.6) is 0 Å². The molecule has 3 N–H and O–H groups in total. The van der Waals surface area contributed by atoms with Gasteiger partial charge in [-0.05, 0) is 55.7 Å². The molecule has 1 aromatic carbocycles. The number of aromatic nitrogens is 4. The van der Waals surface area contributed by atoms with Crippen molar-refractivity contribution in [2.24, 2.45) is 0 Å². The Bertz CT molecular complexity index is 1800. The number of nitrogens with two attached hydrogens (primary N) is 1. The second-order valence-corrected chi connectivity index (χ2v) is 9.21. The van der Waals surface area contributed by atoms with E-state index in [0.29, 0.717) is 42.1 Å². The Morgan fingerprint density at radius 1 is 1.15 bits per heavy atom. The number of imidazole rings is 1. The number of anilines is 2. The van der Waals surface area contributed by atoms with E-state index < -0.39 is 17.6 Å². The number of benzene rings is 1. The van der Waals surface area contributed by atoms with E-state index in [2.05, 4.69) is 33.2 Å². The van der Waals surface area contributed by atoms with E-state index in [1.54, 1.807) is 28.5 Å². The number of hydrogen-bond donors (Lipinski definition) is 2. The van der Waals surface area contributed by atoms with Gasteiger partial charge < -0.3 is 16.0 Å². The molecule has 2 amide bonds. The number of fused-ring (bicyclic) bond motifs is 1. The van der Waals surface area contributed by atoms with E-state index in [1.165, 1.54) is 18.2 Å². The van der Waals surface area contributed by atoms with Crippen LogP contribution < -0.4 is 11.1 Å². The molecule has 13 heteroatoms. The first-order valence-corrected chi connectivity index (χ1v) is 12.3. The zero-order valence-corrected chi connectivity index (χ0v) is 21.5. The smallest absolute Gasteiger partial charge is 0.369 e. The number of carbonyl (C=O) groups is 2. The predicted octanol–water partition coefficient (Wildman–Crippen LogP) is 3.86. The first-order valence-electron chi connectivity index (χ1n) is 12.3. The minimum atomic E-state index is -4.60. The Morgan fingerprint density at radius 2 is 1.93 bits per heavy atom. The summed E-state index contributed by atoms with van der Waals surface area (Å²) in [5.74, 6) is 4.20. The molecule has 0 radical (unpaired) electrons. The Labute approximate surface area is 231 Å². The van der Waals surface area contributed by atoms with Crippen molar-refractivity contribution >= 4 is 29.1 Å². The normalized spacial score (nSPS) is 14.8. The Morgan fingerprint density at radius 3 is 2.66 bits per heavy atom. The summed E-state index contributed by atoms with van der Waals surface area (Å²) in [5, 5.41) is 12.3. The fourth-order valence-electron chi connectivity index (χ4n) is 4.76. The highest BCUT2D eigenvalue weighted by Crippen LogP contribution is 2.35. The maximum atomic E-state index is 13.0. The van der Waals surface area contributed by atoms with Gasteiger partial charge in [0.15, 0.2) is 0 Å². The SMILES string of the molecule is CC#CC(=O)N1CCC(c2nc(-c3ccc(C(=O)Nc4cc(C(F)(F)F)ccn4)cc3C#N)n3c(N)nccc23)C1. The number of nitrogen functional groups attached to an aromatic ring is 1. The molecule has 3 aromatic heterocycles. The van der Waals surface area contributed by atoms with Gasteiger partial charge in [0, 0.05) is 42.5 Å². The molecule has 206 valence electrons. The average Bonchev–Trinajstić information content (AvgIpc) is 3.59. The van der Waals surface area contributed by atoms with Crippen LogP contribution in [0, 0.1) is 23.2 Å². The van der Waals surface area contributed by atoms with E-state index >= 15 is 0 Å². The van der Waals surface area contributed by atoms with Crippen molar-refractivity contribution in [3.05, 3.63) is 71.2 Å². The molecule has 0 saturated carbocycles. The van der Waals surface area contributed by atoms with Crippen molar-refractivity contribution in [1.29, 1.82) is 5.26 Å². The number of hydrogen-bond acceptors (Lipinski definition) is 7. The van der Waals surface area contributed by atoms with Crippen molar-refractivity contribution in [3.8, 4) is 29.3 Å². The third kappa shape index (κ3) is 5.25. The molecule has 0 spiro atoms. The molecule has 4 heterocycles. The van der Waals surface area contributed by atoms with Gasteiger partial charge in [0.1, 0.15) is 11.6 Å². The summed E-state index contributed by atoms with van der Waals surface area (Å²) in [7, 11) is 0. The molecule has 1 aliphatic rings. The van der Waals surface area contributed by atoms with Gasteiger partial charge in [-0.2, -0.15) is 18.4 Å². The van der Waals surface area contributed by atoms with Gasteiger partial charge >= 0.3 is 6.18 Å². The lowest BCUT2D eigenvalue weighted by Gasteiger charge is -2.12. The molecule has 10 nitrogen and oxygen atoms in total. The molecule has 0 bridgehead atoms. The number of pyridine rings is 1. The number of nitriles is 1. The molecule has 5 rings (SSSR count). The van der Waals surface area contributed by atoms with E-state index in [-0.39, 0.29) is 34.7 Å². The Kier molecular flexibility index (Phi) is 7.03.